The Bertz CT molecular complexity index is 802. The Kier molecular flexibility index (Phi) is 5.41. The molecule has 1 aliphatic heterocycles. The smallest absolute Gasteiger partial charge is 0.341 e. The molecule has 1 saturated heterocycles. The molecule has 3 rings (SSSR count). The van der Waals surface area contributed by atoms with Crippen LogP contribution < -0.4 is 0 Å². The van der Waals surface area contributed by atoms with Crippen molar-refractivity contribution in [1.29, 1.82) is 0 Å². The Morgan fingerprint density at radius 3 is 2.50 bits per heavy atom. The monoisotopic (exact) mass is 383 g/mol. The molecule has 0 spiro atoms. The predicted octanol–water partition coefficient (Wildman–Crippen LogP) is 4.25. The summed E-state index contributed by atoms with van der Waals surface area (Å²) < 4.78 is 39.2. The van der Waals surface area contributed by atoms with Gasteiger partial charge in [-0.1, -0.05) is 43.8 Å². The van der Waals surface area contributed by atoms with Gasteiger partial charge in [-0.25, -0.2) is 9.97 Å². The minimum atomic E-state index is -4.62. The molecule has 0 saturated carbocycles. The molecule has 2 heterocycles. The van der Waals surface area contributed by atoms with Crippen LogP contribution in [0.2, 0.25) is 0 Å². The fraction of sp³-hybridized carbons (Fsp3) is 0.500. The van der Waals surface area contributed by atoms with E-state index < -0.39 is 12.0 Å². The van der Waals surface area contributed by atoms with Crippen LogP contribution in [0.3, 0.4) is 0 Å². The molecule has 0 unspecified atom stereocenters. The number of carbonyl (C=O) groups is 1. The summed E-state index contributed by atoms with van der Waals surface area (Å²) >= 11 is 1.04. The van der Waals surface area contributed by atoms with Gasteiger partial charge in [0.2, 0.25) is 11.7 Å². The van der Waals surface area contributed by atoms with Crippen molar-refractivity contribution in [1.82, 2.24) is 14.9 Å². The van der Waals surface area contributed by atoms with E-state index in [9.17, 15) is 18.0 Å². The number of hydrogen-bond acceptors (Lipinski definition) is 4. The normalized spacial score (nSPS) is 21.2. The number of alkyl halides is 3. The van der Waals surface area contributed by atoms with E-state index in [-0.39, 0.29) is 22.2 Å². The van der Waals surface area contributed by atoms with Crippen LogP contribution in [0.5, 0.6) is 0 Å². The van der Waals surface area contributed by atoms with Crippen LogP contribution in [0, 0.1) is 11.8 Å². The number of para-hydroxylation sites is 1. The second kappa shape index (κ2) is 7.42. The first-order chi connectivity index (χ1) is 12.2. The third kappa shape index (κ3) is 4.28. The number of fused-ring (bicyclic) bond motifs is 1. The molecule has 26 heavy (non-hydrogen) atoms. The molecule has 1 aliphatic rings. The summed E-state index contributed by atoms with van der Waals surface area (Å²) in [6, 6.07) is 6.55. The number of rotatable bonds is 3. The molecular formula is C18H20F3N3OS. The van der Waals surface area contributed by atoms with E-state index in [1.54, 1.807) is 23.1 Å². The first-order valence-corrected chi connectivity index (χ1v) is 9.47. The van der Waals surface area contributed by atoms with Crippen LogP contribution in [0.4, 0.5) is 13.2 Å². The largest absolute Gasteiger partial charge is 0.451 e. The maximum atomic E-state index is 13.1. The number of halogens is 3. The zero-order valence-electron chi connectivity index (χ0n) is 14.6. The van der Waals surface area contributed by atoms with E-state index in [1.807, 2.05) is 0 Å². The lowest BCUT2D eigenvalue weighted by molar-refractivity contribution is -0.145. The Morgan fingerprint density at radius 1 is 1.19 bits per heavy atom. The number of hydrogen-bond donors (Lipinski definition) is 0. The van der Waals surface area contributed by atoms with Gasteiger partial charge < -0.3 is 4.90 Å². The second-order valence-electron chi connectivity index (χ2n) is 6.90. The summed E-state index contributed by atoms with van der Waals surface area (Å²) in [5.74, 6) is -0.303. The number of nitrogens with zero attached hydrogens (tertiary/aromatic N) is 3. The summed E-state index contributed by atoms with van der Waals surface area (Å²) in [5.41, 5.74) is 0.227. The topological polar surface area (TPSA) is 46.1 Å². The van der Waals surface area contributed by atoms with Crippen LogP contribution in [0.25, 0.3) is 10.9 Å². The Hall–Kier alpha value is -1.83. The number of piperidine rings is 1. The van der Waals surface area contributed by atoms with Gasteiger partial charge in [0.25, 0.3) is 0 Å². The van der Waals surface area contributed by atoms with Crippen molar-refractivity contribution in [3.8, 4) is 0 Å². The van der Waals surface area contributed by atoms with E-state index >= 15 is 0 Å². The molecule has 0 bridgehead atoms. The zero-order chi connectivity index (χ0) is 18.9. The first-order valence-electron chi connectivity index (χ1n) is 8.48. The van der Waals surface area contributed by atoms with Crippen molar-refractivity contribution in [2.75, 3.05) is 18.8 Å². The number of aromatic nitrogens is 2. The highest BCUT2D eigenvalue weighted by Crippen LogP contribution is 2.32. The fourth-order valence-corrected chi connectivity index (χ4v) is 4.29. The van der Waals surface area contributed by atoms with Gasteiger partial charge in [0.05, 0.1) is 11.3 Å². The lowest BCUT2D eigenvalue weighted by Gasteiger charge is -2.35. The molecule has 1 aromatic carbocycles. The number of benzene rings is 1. The van der Waals surface area contributed by atoms with Crippen LogP contribution >= 0.6 is 11.8 Å². The predicted molar refractivity (Wildman–Crippen MR) is 94.8 cm³/mol. The summed E-state index contributed by atoms with van der Waals surface area (Å²) in [6.45, 7) is 5.61. The second-order valence-corrected chi connectivity index (χ2v) is 7.86. The van der Waals surface area contributed by atoms with Gasteiger partial charge in [0.1, 0.15) is 5.03 Å². The molecule has 1 fully saturated rings. The molecule has 0 N–H and O–H groups in total. The highest BCUT2D eigenvalue weighted by atomic mass is 32.2. The Labute approximate surface area is 154 Å². The van der Waals surface area contributed by atoms with E-state index in [1.165, 1.54) is 6.07 Å². The van der Waals surface area contributed by atoms with Crippen molar-refractivity contribution in [3.05, 3.63) is 30.1 Å². The minimum Gasteiger partial charge on any atom is -0.341 e. The molecule has 140 valence electrons. The quantitative estimate of drug-likeness (QED) is 0.587. The summed E-state index contributed by atoms with van der Waals surface area (Å²) in [4.78, 5) is 21.6. The van der Waals surface area contributed by atoms with E-state index in [2.05, 4.69) is 23.8 Å². The maximum absolute atomic E-state index is 13.1. The van der Waals surface area contributed by atoms with Gasteiger partial charge in [-0.15, -0.1) is 0 Å². The zero-order valence-corrected chi connectivity index (χ0v) is 15.4. The minimum absolute atomic E-state index is 0.0651. The summed E-state index contributed by atoms with van der Waals surface area (Å²) in [7, 11) is 0. The summed E-state index contributed by atoms with van der Waals surface area (Å²) in [6.07, 6.45) is -3.54. The average molecular weight is 383 g/mol. The average Bonchev–Trinajstić information content (AvgIpc) is 2.57. The molecule has 2 atom stereocenters. The molecule has 8 heteroatoms. The van der Waals surface area contributed by atoms with Crippen LogP contribution in [0.1, 0.15) is 26.1 Å². The molecule has 2 aromatic rings. The molecule has 0 aliphatic carbocycles. The lowest BCUT2D eigenvalue weighted by atomic mass is 9.92. The first kappa shape index (κ1) is 18.9. The van der Waals surface area contributed by atoms with Gasteiger partial charge in [0, 0.05) is 18.5 Å². The van der Waals surface area contributed by atoms with Crippen LogP contribution in [0.15, 0.2) is 29.3 Å². The van der Waals surface area contributed by atoms with E-state index in [0.717, 1.165) is 18.2 Å². The molecule has 1 amide bonds. The number of likely N-dealkylation sites (tertiary alicyclic amines) is 1. The fourth-order valence-electron chi connectivity index (χ4n) is 3.37. The van der Waals surface area contributed by atoms with Gasteiger partial charge >= 0.3 is 6.18 Å². The van der Waals surface area contributed by atoms with Gasteiger partial charge in [-0.2, -0.15) is 13.2 Å². The van der Waals surface area contributed by atoms with Crippen LogP contribution in [-0.2, 0) is 11.0 Å². The molecule has 1 aromatic heterocycles. The highest BCUT2D eigenvalue weighted by molar-refractivity contribution is 8.00. The van der Waals surface area contributed by atoms with Gasteiger partial charge in [-0.05, 0) is 24.3 Å². The number of carbonyl (C=O) groups excluding carboxylic acids is 1. The Balaban J connectivity index is 1.81. The Morgan fingerprint density at radius 2 is 1.85 bits per heavy atom. The van der Waals surface area contributed by atoms with Gasteiger partial charge in [-0.3, -0.25) is 4.79 Å². The third-order valence-electron chi connectivity index (χ3n) is 4.38. The van der Waals surface area contributed by atoms with Crippen LogP contribution in [-0.4, -0.2) is 39.6 Å². The molecular weight excluding hydrogens is 363 g/mol. The van der Waals surface area contributed by atoms with E-state index in [4.69, 9.17) is 0 Å². The van der Waals surface area contributed by atoms with Crippen molar-refractivity contribution in [3.63, 3.8) is 0 Å². The van der Waals surface area contributed by atoms with Crippen molar-refractivity contribution in [2.45, 2.75) is 31.5 Å². The standard InChI is InChI=1S/C18H20F3N3OS/c1-11-7-12(2)9-24(8-11)15(25)10-26-16-13-5-3-4-6-14(13)22-17(23-16)18(19,20)21/h3-6,11-12H,7-10H2,1-2H3/t11-,12-/m0/s1. The van der Waals surface area contributed by atoms with Crippen molar-refractivity contribution < 1.29 is 18.0 Å². The summed E-state index contributed by atoms with van der Waals surface area (Å²) in [5, 5.41) is 0.716. The molecule has 4 nitrogen and oxygen atoms in total. The van der Waals surface area contributed by atoms with E-state index in [0.29, 0.717) is 30.3 Å². The van der Waals surface area contributed by atoms with Crippen molar-refractivity contribution >= 4 is 28.6 Å². The molecule has 0 radical (unpaired) electrons. The van der Waals surface area contributed by atoms with Crippen molar-refractivity contribution in [2.24, 2.45) is 11.8 Å². The highest BCUT2D eigenvalue weighted by Gasteiger charge is 2.35. The SMILES string of the molecule is C[C@H]1C[C@H](C)CN(C(=O)CSc2nc(C(F)(F)F)nc3ccccc23)C1. The third-order valence-corrected chi connectivity index (χ3v) is 5.35. The van der Waals surface area contributed by atoms with Gasteiger partial charge in [0.15, 0.2) is 0 Å². The lowest BCUT2D eigenvalue weighted by Crippen LogP contribution is -2.43. The maximum Gasteiger partial charge on any atom is 0.451 e. The number of thioether (sulfide) groups is 1. The number of amides is 1.